The second-order valence-corrected chi connectivity index (χ2v) is 7.35. The zero-order chi connectivity index (χ0) is 12.3. The topological polar surface area (TPSA) is 15.3 Å². The van der Waals surface area contributed by atoms with Gasteiger partial charge >= 0.3 is 0 Å². The number of hydrogen-bond acceptors (Lipinski definition) is 4. The van der Waals surface area contributed by atoms with E-state index < -0.39 is 0 Å². The van der Waals surface area contributed by atoms with Crippen molar-refractivity contribution in [3.63, 3.8) is 0 Å². The van der Waals surface area contributed by atoms with Crippen molar-refractivity contribution < 1.29 is 0 Å². The Labute approximate surface area is 113 Å². The fraction of sp³-hybridized carbons (Fsp3) is 0.692. The monoisotopic (exact) mass is 270 g/mol. The Bertz CT molecular complexity index is 351. The number of thioether (sulfide) groups is 1. The fourth-order valence-electron chi connectivity index (χ4n) is 2.13. The van der Waals surface area contributed by atoms with Gasteiger partial charge in [0, 0.05) is 24.4 Å². The van der Waals surface area contributed by atoms with Gasteiger partial charge in [-0.3, -0.25) is 0 Å². The fourth-order valence-corrected chi connectivity index (χ4v) is 4.70. The van der Waals surface area contributed by atoms with Crippen LogP contribution >= 0.6 is 23.1 Å². The van der Waals surface area contributed by atoms with E-state index in [0.717, 1.165) is 24.9 Å². The van der Waals surface area contributed by atoms with E-state index in [0.29, 0.717) is 6.04 Å². The summed E-state index contributed by atoms with van der Waals surface area (Å²) >= 11 is 3.92. The molecule has 0 spiro atoms. The molecular weight excluding hydrogens is 248 g/mol. The van der Waals surface area contributed by atoms with Gasteiger partial charge in [0.15, 0.2) is 0 Å². The lowest BCUT2D eigenvalue weighted by atomic mass is 10.1. The first kappa shape index (κ1) is 13.4. The number of nitrogens with one attached hydrogen (secondary N) is 1. The quantitative estimate of drug-likeness (QED) is 0.884. The van der Waals surface area contributed by atoms with Crippen molar-refractivity contribution in [1.29, 1.82) is 0 Å². The van der Waals surface area contributed by atoms with E-state index in [2.05, 4.69) is 42.6 Å². The first-order valence-electron chi connectivity index (χ1n) is 6.36. The predicted octanol–water partition coefficient (Wildman–Crippen LogP) is 3.21. The Kier molecular flexibility index (Phi) is 4.91. The molecule has 4 heteroatoms. The van der Waals surface area contributed by atoms with Crippen LogP contribution in [-0.2, 0) is 0 Å². The van der Waals surface area contributed by atoms with E-state index in [-0.39, 0.29) is 0 Å². The molecule has 0 bridgehead atoms. The van der Waals surface area contributed by atoms with Crippen LogP contribution in [0.25, 0.3) is 0 Å². The average molecular weight is 270 g/mol. The first-order chi connectivity index (χ1) is 8.20. The third-order valence-electron chi connectivity index (χ3n) is 3.33. The van der Waals surface area contributed by atoms with E-state index in [9.17, 15) is 0 Å². The van der Waals surface area contributed by atoms with Gasteiger partial charge < -0.3 is 10.2 Å². The summed E-state index contributed by atoms with van der Waals surface area (Å²) in [6.07, 6.45) is 1.25. The Morgan fingerprint density at radius 1 is 1.53 bits per heavy atom. The largest absolute Gasteiger partial charge is 0.309 e. The van der Waals surface area contributed by atoms with Crippen molar-refractivity contribution in [2.24, 2.45) is 0 Å². The highest BCUT2D eigenvalue weighted by atomic mass is 32.2. The molecule has 2 nitrogen and oxygen atoms in total. The second-order valence-electron chi connectivity index (χ2n) is 4.73. The number of rotatable bonds is 5. The molecule has 0 amide bonds. The molecule has 0 saturated carbocycles. The smallest absolute Gasteiger partial charge is 0.0649 e. The number of fused-ring (bicyclic) bond motifs is 1. The lowest BCUT2D eigenvalue weighted by Crippen LogP contribution is -2.33. The molecule has 1 aliphatic rings. The summed E-state index contributed by atoms with van der Waals surface area (Å²) in [5, 5.41) is 6.67. The summed E-state index contributed by atoms with van der Waals surface area (Å²) < 4.78 is 1.52. The number of hydrogen-bond donors (Lipinski definition) is 1. The van der Waals surface area contributed by atoms with Crippen LogP contribution in [0.4, 0.5) is 0 Å². The van der Waals surface area contributed by atoms with Crippen molar-refractivity contribution in [2.75, 3.05) is 26.7 Å². The van der Waals surface area contributed by atoms with Crippen molar-refractivity contribution >= 4 is 23.1 Å². The molecule has 2 rings (SSSR count). The maximum absolute atomic E-state index is 3.71. The molecule has 1 aromatic heterocycles. The highest BCUT2D eigenvalue weighted by Crippen LogP contribution is 2.43. The van der Waals surface area contributed by atoms with Gasteiger partial charge in [-0.1, -0.05) is 13.8 Å². The van der Waals surface area contributed by atoms with Crippen molar-refractivity contribution in [2.45, 2.75) is 35.8 Å². The Balaban J connectivity index is 1.89. The molecule has 0 saturated heterocycles. The van der Waals surface area contributed by atoms with Crippen LogP contribution in [0.3, 0.4) is 0 Å². The van der Waals surface area contributed by atoms with E-state index in [4.69, 9.17) is 0 Å². The predicted molar refractivity (Wildman–Crippen MR) is 78.2 cm³/mol. The summed E-state index contributed by atoms with van der Waals surface area (Å²) in [6, 6.07) is 2.86. The summed E-state index contributed by atoms with van der Waals surface area (Å²) in [6.45, 7) is 7.88. The summed E-state index contributed by atoms with van der Waals surface area (Å²) in [5.74, 6) is 0. The molecule has 17 heavy (non-hydrogen) atoms. The molecular formula is C13H22N2S2. The van der Waals surface area contributed by atoms with E-state index in [1.54, 1.807) is 0 Å². The van der Waals surface area contributed by atoms with Crippen LogP contribution < -0.4 is 5.32 Å². The van der Waals surface area contributed by atoms with Gasteiger partial charge in [0.2, 0.25) is 0 Å². The van der Waals surface area contributed by atoms with Crippen LogP contribution in [0, 0.1) is 0 Å². The molecule has 0 radical (unpaired) electrons. The molecule has 2 heterocycles. The van der Waals surface area contributed by atoms with Gasteiger partial charge in [-0.2, -0.15) is 0 Å². The van der Waals surface area contributed by atoms with Gasteiger partial charge in [-0.25, -0.2) is 0 Å². The van der Waals surface area contributed by atoms with E-state index in [1.165, 1.54) is 16.2 Å². The highest BCUT2D eigenvalue weighted by Gasteiger charge is 2.25. The second kappa shape index (κ2) is 6.23. The van der Waals surface area contributed by atoms with E-state index >= 15 is 0 Å². The SMILES string of the molecule is CCN(C)CCNC1C[C@H](C)Sc2sccc21. The number of thiophene rings is 1. The molecule has 1 N–H and O–H groups in total. The minimum absolute atomic E-state index is 0.567. The summed E-state index contributed by atoms with van der Waals surface area (Å²) in [4.78, 5) is 2.35. The highest BCUT2D eigenvalue weighted by molar-refractivity contribution is 8.01. The van der Waals surface area contributed by atoms with Gasteiger partial charge in [0.05, 0.1) is 4.21 Å². The molecule has 0 aliphatic carbocycles. The minimum Gasteiger partial charge on any atom is -0.309 e. The van der Waals surface area contributed by atoms with Gasteiger partial charge in [0.25, 0.3) is 0 Å². The molecule has 0 aromatic carbocycles. The van der Waals surface area contributed by atoms with Crippen LogP contribution in [0.2, 0.25) is 0 Å². The third-order valence-corrected chi connectivity index (χ3v) is 5.68. The Hall–Kier alpha value is -0.0300. The first-order valence-corrected chi connectivity index (χ1v) is 8.12. The van der Waals surface area contributed by atoms with Crippen molar-refractivity contribution in [3.8, 4) is 0 Å². The maximum atomic E-state index is 3.71. The zero-order valence-corrected chi connectivity index (χ0v) is 12.5. The van der Waals surface area contributed by atoms with Crippen molar-refractivity contribution in [1.82, 2.24) is 10.2 Å². The van der Waals surface area contributed by atoms with E-state index in [1.807, 2.05) is 23.1 Å². The van der Waals surface area contributed by atoms with Crippen LogP contribution in [0.5, 0.6) is 0 Å². The van der Waals surface area contributed by atoms with Gasteiger partial charge in [-0.05, 0) is 37.0 Å². The van der Waals surface area contributed by atoms with Crippen LogP contribution in [0.1, 0.15) is 31.9 Å². The molecule has 1 aromatic rings. The van der Waals surface area contributed by atoms with Gasteiger partial charge in [0.1, 0.15) is 0 Å². The minimum atomic E-state index is 0.567. The molecule has 2 atom stereocenters. The molecule has 1 aliphatic heterocycles. The summed E-state index contributed by atoms with van der Waals surface area (Å²) in [5.41, 5.74) is 1.53. The molecule has 96 valence electrons. The lowest BCUT2D eigenvalue weighted by molar-refractivity contribution is 0.336. The summed E-state index contributed by atoms with van der Waals surface area (Å²) in [7, 11) is 2.18. The lowest BCUT2D eigenvalue weighted by Gasteiger charge is -2.28. The zero-order valence-electron chi connectivity index (χ0n) is 10.9. The number of nitrogens with zero attached hydrogens (tertiary/aromatic N) is 1. The van der Waals surface area contributed by atoms with Crippen molar-refractivity contribution in [3.05, 3.63) is 17.0 Å². The number of likely N-dealkylation sites (N-methyl/N-ethyl adjacent to an activating group) is 1. The molecule has 1 unspecified atom stereocenters. The Morgan fingerprint density at radius 2 is 2.35 bits per heavy atom. The molecule has 0 fully saturated rings. The third kappa shape index (κ3) is 3.47. The van der Waals surface area contributed by atoms with Gasteiger partial charge in [-0.15, -0.1) is 23.1 Å². The standard InChI is InChI=1S/C13H22N2S2/c1-4-15(3)7-6-14-12-9-10(2)17-13-11(12)5-8-16-13/h5,8,10,12,14H,4,6-7,9H2,1-3H3/t10-,12?/m0/s1. The van der Waals surface area contributed by atoms with Crippen LogP contribution in [0.15, 0.2) is 15.7 Å². The normalized spacial score (nSPS) is 24.0. The maximum Gasteiger partial charge on any atom is 0.0649 e. The van der Waals surface area contributed by atoms with Crippen LogP contribution in [-0.4, -0.2) is 36.8 Å². The Morgan fingerprint density at radius 3 is 3.12 bits per heavy atom. The average Bonchev–Trinajstić information content (AvgIpc) is 2.76.